The molecule has 5 rings (SSSR count). The second-order valence-electron chi connectivity index (χ2n) is 8.56. The summed E-state index contributed by atoms with van der Waals surface area (Å²) in [6, 6.07) is 9.67. The standard InChI is InChI=1S/C24H25N5O3/c1-3-12-32-15-24(9-10-24)28(2)23(31)21-17-14-29(11-8-19(17)26-27-21)22(30)20-13-16-6-4-5-7-18(16)25-20/h1,4-7,13,25H,8-12,14-15H2,2H3,(H,26,27). The quantitative estimate of drug-likeness (QED) is 0.463. The second kappa shape index (κ2) is 7.84. The largest absolute Gasteiger partial charge is 0.366 e. The highest BCUT2D eigenvalue weighted by molar-refractivity contribution is 5.99. The zero-order chi connectivity index (χ0) is 22.3. The lowest BCUT2D eigenvalue weighted by molar-refractivity contribution is 0.0494. The third-order valence-corrected chi connectivity index (χ3v) is 6.58. The molecule has 2 N–H and O–H groups in total. The fraction of sp³-hybridized carbons (Fsp3) is 0.375. The van der Waals surface area contributed by atoms with Crippen molar-refractivity contribution in [1.82, 2.24) is 25.0 Å². The highest BCUT2D eigenvalue weighted by Crippen LogP contribution is 2.42. The predicted molar refractivity (Wildman–Crippen MR) is 119 cm³/mol. The first kappa shape index (κ1) is 20.3. The molecule has 2 amide bonds. The van der Waals surface area contributed by atoms with Gasteiger partial charge in [-0.05, 0) is 25.0 Å². The minimum atomic E-state index is -0.325. The number of carbonyl (C=O) groups excluding carboxylic acids is 2. The molecule has 2 aliphatic rings. The minimum absolute atomic E-state index is 0.0823. The van der Waals surface area contributed by atoms with E-state index in [9.17, 15) is 9.59 Å². The van der Waals surface area contributed by atoms with Crippen LogP contribution in [0.25, 0.3) is 10.9 Å². The summed E-state index contributed by atoms with van der Waals surface area (Å²) in [6.07, 6.45) is 7.64. The number of carbonyl (C=O) groups is 2. The van der Waals surface area contributed by atoms with Crippen LogP contribution in [0.3, 0.4) is 0 Å². The zero-order valence-electron chi connectivity index (χ0n) is 18.0. The number of hydrogen-bond acceptors (Lipinski definition) is 4. The number of H-pyrrole nitrogens is 2. The lowest BCUT2D eigenvalue weighted by atomic mass is 10.0. The highest BCUT2D eigenvalue weighted by atomic mass is 16.5. The number of benzene rings is 1. The number of amides is 2. The van der Waals surface area contributed by atoms with Gasteiger partial charge in [-0.1, -0.05) is 24.1 Å². The van der Waals surface area contributed by atoms with Gasteiger partial charge in [0.25, 0.3) is 11.8 Å². The van der Waals surface area contributed by atoms with Gasteiger partial charge >= 0.3 is 0 Å². The van der Waals surface area contributed by atoms with Gasteiger partial charge in [-0.25, -0.2) is 0 Å². The Balaban J connectivity index is 1.34. The predicted octanol–water partition coefficient (Wildman–Crippen LogP) is 2.34. The molecule has 0 spiro atoms. The SMILES string of the molecule is C#CCOCC1(N(C)C(=O)c2n[nH]c3c2CN(C(=O)c2cc4ccccc4[nH]2)CC3)CC1. The molecule has 0 atom stereocenters. The normalized spacial score (nSPS) is 16.4. The molecule has 0 saturated heterocycles. The molecule has 2 aromatic heterocycles. The van der Waals surface area contributed by atoms with Gasteiger partial charge in [0.05, 0.1) is 18.7 Å². The van der Waals surface area contributed by atoms with Crippen molar-refractivity contribution in [3.8, 4) is 12.3 Å². The Kier molecular flexibility index (Phi) is 4.98. The summed E-state index contributed by atoms with van der Waals surface area (Å²) in [7, 11) is 1.78. The lowest BCUT2D eigenvalue weighted by Crippen LogP contribution is -2.43. The van der Waals surface area contributed by atoms with E-state index in [1.54, 1.807) is 16.8 Å². The summed E-state index contributed by atoms with van der Waals surface area (Å²) in [4.78, 5) is 33.2. The van der Waals surface area contributed by atoms with E-state index in [0.717, 1.165) is 35.0 Å². The van der Waals surface area contributed by atoms with Crippen LogP contribution in [0.5, 0.6) is 0 Å². The molecule has 1 aliphatic heterocycles. The molecule has 32 heavy (non-hydrogen) atoms. The Labute approximate surface area is 185 Å². The summed E-state index contributed by atoms with van der Waals surface area (Å²) >= 11 is 0. The van der Waals surface area contributed by atoms with Gasteiger partial charge < -0.3 is 19.5 Å². The first-order chi connectivity index (χ1) is 15.5. The van der Waals surface area contributed by atoms with Crippen molar-refractivity contribution in [3.63, 3.8) is 0 Å². The summed E-state index contributed by atoms with van der Waals surface area (Å²) < 4.78 is 5.52. The number of fused-ring (bicyclic) bond motifs is 2. The summed E-state index contributed by atoms with van der Waals surface area (Å²) in [5, 5.41) is 8.32. The Morgan fingerprint density at radius 3 is 2.91 bits per heavy atom. The number of ether oxygens (including phenoxy) is 1. The summed E-state index contributed by atoms with van der Waals surface area (Å²) in [6.45, 7) is 1.55. The number of terminal acetylenes is 1. The number of para-hydroxylation sites is 1. The number of rotatable bonds is 6. The number of likely N-dealkylation sites (N-methyl/N-ethyl adjacent to an activating group) is 1. The summed E-state index contributed by atoms with van der Waals surface area (Å²) in [5.41, 5.74) is 3.23. The fourth-order valence-electron chi connectivity index (χ4n) is 4.40. The van der Waals surface area contributed by atoms with Crippen molar-refractivity contribution in [1.29, 1.82) is 0 Å². The zero-order valence-corrected chi connectivity index (χ0v) is 18.0. The first-order valence-electron chi connectivity index (χ1n) is 10.7. The smallest absolute Gasteiger partial charge is 0.274 e. The van der Waals surface area contributed by atoms with E-state index >= 15 is 0 Å². The van der Waals surface area contributed by atoms with Gasteiger partial charge in [-0.15, -0.1) is 6.42 Å². The van der Waals surface area contributed by atoms with Crippen LogP contribution in [0, 0.1) is 12.3 Å². The van der Waals surface area contributed by atoms with Gasteiger partial charge in [-0.3, -0.25) is 14.7 Å². The number of aromatic amines is 2. The van der Waals surface area contributed by atoms with Gasteiger partial charge in [-0.2, -0.15) is 5.10 Å². The molecular formula is C24H25N5O3. The van der Waals surface area contributed by atoms with E-state index in [2.05, 4.69) is 21.1 Å². The van der Waals surface area contributed by atoms with Gasteiger partial charge in [0, 0.05) is 42.2 Å². The number of nitrogens with zero attached hydrogens (tertiary/aromatic N) is 3. The molecule has 3 aromatic rings. The first-order valence-corrected chi connectivity index (χ1v) is 10.7. The number of hydrogen-bond donors (Lipinski definition) is 2. The Morgan fingerprint density at radius 2 is 2.16 bits per heavy atom. The van der Waals surface area contributed by atoms with E-state index in [0.29, 0.717) is 37.5 Å². The average molecular weight is 431 g/mol. The molecular weight excluding hydrogens is 406 g/mol. The molecule has 1 aromatic carbocycles. The van der Waals surface area contributed by atoms with Gasteiger partial charge in [0.1, 0.15) is 12.3 Å². The number of nitrogens with one attached hydrogen (secondary N) is 2. The molecule has 1 saturated carbocycles. The van der Waals surface area contributed by atoms with Crippen LogP contribution < -0.4 is 0 Å². The van der Waals surface area contributed by atoms with Crippen LogP contribution in [-0.4, -0.2) is 69.1 Å². The third-order valence-electron chi connectivity index (χ3n) is 6.58. The van der Waals surface area contributed by atoms with Gasteiger partial charge in [0.2, 0.25) is 0 Å². The highest BCUT2D eigenvalue weighted by Gasteiger charge is 2.49. The molecule has 164 valence electrons. The van der Waals surface area contributed by atoms with Crippen molar-refractivity contribution in [2.24, 2.45) is 0 Å². The topological polar surface area (TPSA) is 94.3 Å². The molecule has 3 heterocycles. The maximum atomic E-state index is 13.3. The molecule has 8 heteroatoms. The van der Waals surface area contributed by atoms with Crippen LogP contribution in [-0.2, 0) is 17.7 Å². The van der Waals surface area contributed by atoms with Crippen molar-refractivity contribution < 1.29 is 14.3 Å². The summed E-state index contributed by atoms with van der Waals surface area (Å²) in [5.74, 6) is 2.21. The van der Waals surface area contributed by atoms with Crippen molar-refractivity contribution in [3.05, 3.63) is 53.0 Å². The van der Waals surface area contributed by atoms with E-state index in [4.69, 9.17) is 11.2 Å². The Morgan fingerprint density at radius 1 is 1.34 bits per heavy atom. The Bertz CT molecular complexity index is 1200. The average Bonchev–Trinajstić information content (AvgIpc) is 3.29. The molecule has 0 unspecified atom stereocenters. The van der Waals surface area contributed by atoms with E-state index < -0.39 is 0 Å². The monoisotopic (exact) mass is 431 g/mol. The molecule has 0 radical (unpaired) electrons. The van der Waals surface area contributed by atoms with E-state index in [-0.39, 0.29) is 24.0 Å². The van der Waals surface area contributed by atoms with Crippen LogP contribution in [0.4, 0.5) is 0 Å². The second-order valence-corrected chi connectivity index (χ2v) is 8.56. The lowest BCUT2D eigenvalue weighted by Gasteiger charge is -2.29. The molecule has 1 aliphatic carbocycles. The molecule has 1 fully saturated rings. The van der Waals surface area contributed by atoms with Crippen LogP contribution in [0.15, 0.2) is 30.3 Å². The van der Waals surface area contributed by atoms with Crippen LogP contribution in [0.1, 0.15) is 45.1 Å². The maximum absolute atomic E-state index is 13.3. The fourth-order valence-corrected chi connectivity index (χ4v) is 4.40. The van der Waals surface area contributed by atoms with Gasteiger partial charge in [0.15, 0.2) is 5.69 Å². The van der Waals surface area contributed by atoms with E-state index in [1.165, 1.54) is 0 Å². The van der Waals surface area contributed by atoms with Crippen molar-refractivity contribution in [2.75, 3.05) is 26.8 Å². The van der Waals surface area contributed by atoms with Crippen LogP contribution >= 0.6 is 0 Å². The molecule has 8 nitrogen and oxygen atoms in total. The van der Waals surface area contributed by atoms with Crippen LogP contribution in [0.2, 0.25) is 0 Å². The Hall–Kier alpha value is -3.57. The maximum Gasteiger partial charge on any atom is 0.274 e. The minimum Gasteiger partial charge on any atom is -0.366 e. The number of aromatic nitrogens is 3. The van der Waals surface area contributed by atoms with Crippen molar-refractivity contribution in [2.45, 2.75) is 31.3 Å². The third kappa shape index (κ3) is 3.45. The van der Waals surface area contributed by atoms with Crippen molar-refractivity contribution >= 4 is 22.7 Å². The molecule has 0 bridgehead atoms. The van der Waals surface area contributed by atoms with E-state index in [1.807, 2.05) is 30.3 Å².